The van der Waals surface area contributed by atoms with Crippen LogP contribution in [0.5, 0.6) is 0 Å². The third-order valence-corrected chi connectivity index (χ3v) is 4.49. The average Bonchev–Trinajstić information content (AvgIpc) is 2.92. The van der Waals surface area contributed by atoms with E-state index >= 15 is 0 Å². The van der Waals surface area contributed by atoms with Crippen LogP contribution in [0.1, 0.15) is 10.4 Å². The summed E-state index contributed by atoms with van der Waals surface area (Å²) in [5.41, 5.74) is 0.434. The van der Waals surface area contributed by atoms with Gasteiger partial charge < -0.3 is 10.2 Å². The van der Waals surface area contributed by atoms with Gasteiger partial charge in [0.1, 0.15) is 5.82 Å². The third kappa shape index (κ3) is 2.06. The van der Waals surface area contributed by atoms with Crippen LogP contribution in [-0.4, -0.2) is 37.0 Å². The Morgan fingerprint density at radius 1 is 1.33 bits per heavy atom. The Morgan fingerprint density at radius 3 is 2.61 bits per heavy atom. The van der Waals surface area contributed by atoms with Crippen LogP contribution in [0.25, 0.3) is 0 Å². The number of nitrogens with zero attached hydrogens (tertiary/aromatic N) is 1. The lowest BCUT2D eigenvalue weighted by atomic mass is 10.0. The molecule has 2 fully saturated rings. The molecule has 1 aromatic carbocycles. The Labute approximate surface area is 113 Å². The number of nitrogens with one attached hydrogen (secondary N) is 1. The highest BCUT2D eigenvalue weighted by atomic mass is 79.9. The molecule has 18 heavy (non-hydrogen) atoms. The van der Waals surface area contributed by atoms with Gasteiger partial charge in [-0.1, -0.05) is 0 Å². The summed E-state index contributed by atoms with van der Waals surface area (Å²) < 4.78 is 13.8. The minimum atomic E-state index is -0.387. The molecular formula is C13H14BrFN2O. The molecule has 1 amide bonds. The lowest BCUT2D eigenvalue weighted by molar-refractivity contribution is 0.0781. The molecule has 2 aliphatic heterocycles. The lowest BCUT2D eigenvalue weighted by Gasteiger charge is -2.17. The molecule has 3 nitrogen and oxygen atoms in total. The molecule has 0 aliphatic carbocycles. The number of amides is 1. The first kappa shape index (κ1) is 12.1. The van der Waals surface area contributed by atoms with E-state index in [2.05, 4.69) is 21.2 Å². The number of hydrogen-bond donors (Lipinski definition) is 1. The van der Waals surface area contributed by atoms with Gasteiger partial charge in [-0.05, 0) is 46.0 Å². The van der Waals surface area contributed by atoms with E-state index in [9.17, 15) is 9.18 Å². The summed E-state index contributed by atoms with van der Waals surface area (Å²) in [5, 5.41) is 3.34. The normalized spacial score (nSPS) is 26.4. The monoisotopic (exact) mass is 312 g/mol. The van der Waals surface area contributed by atoms with E-state index in [0.29, 0.717) is 21.9 Å². The van der Waals surface area contributed by atoms with Crippen molar-refractivity contribution in [2.45, 2.75) is 0 Å². The molecule has 3 rings (SSSR count). The van der Waals surface area contributed by atoms with Crippen molar-refractivity contribution < 1.29 is 9.18 Å². The Balaban J connectivity index is 1.77. The molecule has 2 heterocycles. The van der Waals surface area contributed by atoms with Crippen molar-refractivity contribution in [3.63, 3.8) is 0 Å². The number of carbonyl (C=O) groups excluding carboxylic acids is 1. The Kier molecular flexibility index (Phi) is 3.11. The second-order valence-electron chi connectivity index (χ2n) is 5.02. The van der Waals surface area contributed by atoms with E-state index in [1.54, 1.807) is 12.1 Å². The number of hydrogen-bond acceptors (Lipinski definition) is 2. The van der Waals surface area contributed by atoms with Crippen molar-refractivity contribution in [2.75, 3.05) is 26.2 Å². The second-order valence-corrected chi connectivity index (χ2v) is 5.87. The van der Waals surface area contributed by atoms with Crippen LogP contribution in [-0.2, 0) is 0 Å². The molecule has 2 atom stereocenters. The smallest absolute Gasteiger partial charge is 0.253 e. The zero-order valence-corrected chi connectivity index (χ0v) is 11.4. The topological polar surface area (TPSA) is 32.3 Å². The number of benzene rings is 1. The summed E-state index contributed by atoms with van der Waals surface area (Å²) in [4.78, 5) is 14.1. The number of halogens is 2. The highest BCUT2D eigenvalue weighted by Crippen LogP contribution is 2.28. The van der Waals surface area contributed by atoms with Crippen LogP contribution >= 0.6 is 15.9 Å². The van der Waals surface area contributed by atoms with E-state index in [4.69, 9.17) is 0 Å². The summed E-state index contributed by atoms with van der Waals surface area (Å²) in [5.74, 6) is 0.682. The van der Waals surface area contributed by atoms with Crippen molar-refractivity contribution >= 4 is 21.8 Å². The van der Waals surface area contributed by atoms with Crippen LogP contribution in [0.4, 0.5) is 4.39 Å². The zero-order chi connectivity index (χ0) is 12.7. The molecule has 2 saturated heterocycles. The fraction of sp³-hybridized carbons (Fsp3) is 0.462. The fourth-order valence-corrected chi connectivity index (χ4v) is 3.08. The molecule has 1 aromatic rings. The molecule has 2 aliphatic rings. The van der Waals surface area contributed by atoms with Gasteiger partial charge in [-0.15, -0.1) is 0 Å². The van der Waals surface area contributed by atoms with Crippen molar-refractivity contribution in [3.05, 3.63) is 34.1 Å². The summed E-state index contributed by atoms with van der Waals surface area (Å²) in [7, 11) is 0. The zero-order valence-electron chi connectivity index (χ0n) is 9.83. The van der Waals surface area contributed by atoms with Crippen LogP contribution < -0.4 is 5.32 Å². The summed E-state index contributed by atoms with van der Waals surface area (Å²) >= 11 is 3.09. The Morgan fingerprint density at radius 2 is 2.00 bits per heavy atom. The van der Waals surface area contributed by atoms with Gasteiger partial charge in [0.15, 0.2) is 0 Å². The Bertz CT molecular complexity index is 482. The van der Waals surface area contributed by atoms with E-state index in [0.717, 1.165) is 26.2 Å². The molecule has 0 bridgehead atoms. The van der Waals surface area contributed by atoms with Gasteiger partial charge in [0.05, 0.1) is 4.47 Å². The van der Waals surface area contributed by atoms with E-state index in [-0.39, 0.29) is 11.7 Å². The van der Waals surface area contributed by atoms with Crippen molar-refractivity contribution in [1.29, 1.82) is 0 Å². The molecule has 0 radical (unpaired) electrons. The average molecular weight is 313 g/mol. The van der Waals surface area contributed by atoms with Crippen LogP contribution in [0.3, 0.4) is 0 Å². The van der Waals surface area contributed by atoms with Gasteiger partial charge >= 0.3 is 0 Å². The predicted octanol–water partition coefficient (Wildman–Crippen LogP) is 1.88. The summed E-state index contributed by atoms with van der Waals surface area (Å²) in [6.45, 7) is 3.55. The largest absolute Gasteiger partial charge is 0.338 e. The van der Waals surface area contributed by atoms with Crippen LogP contribution in [0, 0.1) is 17.7 Å². The number of carbonyl (C=O) groups is 1. The van der Waals surface area contributed by atoms with Crippen LogP contribution in [0.15, 0.2) is 22.7 Å². The van der Waals surface area contributed by atoms with Gasteiger partial charge in [0.2, 0.25) is 0 Å². The van der Waals surface area contributed by atoms with Gasteiger partial charge in [-0.25, -0.2) is 4.39 Å². The highest BCUT2D eigenvalue weighted by Gasteiger charge is 2.38. The van der Waals surface area contributed by atoms with Crippen molar-refractivity contribution in [1.82, 2.24) is 10.2 Å². The molecule has 0 saturated carbocycles. The second kappa shape index (κ2) is 4.63. The molecule has 1 N–H and O–H groups in total. The summed E-state index contributed by atoms with van der Waals surface area (Å²) in [6, 6.07) is 4.56. The first-order valence-electron chi connectivity index (χ1n) is 6.10. The third-order valence-electron chi connectivity index (χ3n) is 3.84. The fourth-order valence-electron chi connectivity index (χ4n) is 2.83. The number of fused-ring (bicyclic) bond motifs is 1. The van der Waals surface area contributed by atoms with E-state index in [1.165, 1.54) is 6.07 Å². The first-order chi connectivity index (χ1) is 8.65. The quantitative estimate of drug-likeness (QED) is 0.859. The summed E-state index contributed by atoms with van der Waals surface area (Å²) in [6.07, 6.45) is 0. The maximum absolute atomic E-state index is 13.4. The van der Waals surface area contributed by atoms with Gasteiger partial charge in [0.25, 0.3) is 5.91 Å². The molecule has 96 valence electrons. The number of likely N-dealkylation sites (tertiary alicyclic amines) is 1. The lowest BCUT2D eigenvalue weighted by Crippen LogP contribution is -2.31. The molecular weight excluding hydrogens is 299 g/mol. The van der Waals surface area contributed by atoms with Crippen LogP contribution in [0.2, 0.25) is 0 Å². The SMILES string of the molecule is O=C(c1ccc(Br)c(F)c1)N1C[C@H]2CNC[C@H]2C1. The number of rotatable bonds is 1. The Hall–Kier alpha value is -0.940. The van der Waals surface area contributed by atoms with Gasteiger partial charge in [-0.2, -0.15) is 0 Å². The molecule has 0 aromatic heterocycles. The van der Waals surface area contributed by atoms with E-state index in [1.807, 2.05) is 4.90 Å². The predicted molar refractivity (Wildman–Crippen MR) is 69.9 cm³/mol. The minimum absolute atomic E-state index is 0.0594. The maximum atomic E-state index is 13.4. The molecule has 0 unspecified atom stereocenters. The van der Waals surface area contributed by atoms with Gasteiger partial charge in [0, 0.05) is 31.7 Å². The van der Waals surface area contributed by atoms with Crippen molar-refractivity contribution in [2.24, 2.45) is 11.8 Å². The maximum Gasteiger partial charge on any atom is 0.253 e. The molecule has 5 heteroatoms. The standard InChI is InChI=1S/C13H14BrFN2O/c14-11-2-1-8(3-12(11)15)13(18)17-6-9-4-16-5-10(9)7-17/h1-3,9-10,16H,4-7H2/t9-,10+. The first-order valence-corrected chi connectivity index (χ1v) is 6.89. The minimum Gasteiger partial charge on any atom is -0.338 e. The van der Waals surface area contributed by atoms with E-state index < -0.39 is 0 Å². The van der Waals surface area contributed by atoms with Crippen molar-refractivity contribution in [3.8, 4) is 0 Å². The highest BCUT2D eigenvalue weighted by molar-refractivity contribution is 9.10. The molecule has 0 spiro atoms. The van der Waals surface area contributed by atoms with Gasteiger partial charge in [-0.3, -0.25) is 4.79 Å².